The predicted octanol–water partition coefficient (Wildman–Crippen LogP) is 2.19. The van der Waals surface area contributed by atoms with Crippen molar-refractivity contribution < 1.29 is 38.6 Å². The van der Waals surface area contributed by atoms with Crippen molar-refractivity contribution in [2.45, 2.75) is 78.6 Å². The van der Waals surface area contributed by atoms with Gasteiger partial charge in [0.15, 0.2) is 17.7 Å². The first kappa shape index (κ1) is 26.5. The van der Waals surface area contributed by atoms with Gasteiger partial charge in [0, 0.05) is 20.0 Å². The molecular formula is C22H33NO8. The number of ether oxygens (including phenoxy) is 2. The van der Waals surface area contributed by atoms with Crippen LogP contribution < -0.4 is 0 Å². The molecule has 3 atom stereocenters. The number of allylic oxidation sites excluding steroid dienone is 1. The smallest absolute Gasteiger partial charge is 0.417 e. The molecule has 0 saturated carbocycles. The lowest BCUT2D eigenvalue weighted by Crippen LogP contribution is -2.52. The highest BCUT2D eigenvalue weighted by Crippen LogP contribution is 2.35. The van der Waals surface area contributed by atoms with Gasteiger partial charge in [-0.2, -0.15) is 0 Å². The third kappa shape index (κ3) is 6.99. The maximum Gasteiger partial charge on any atom is 0.417 e. The van der Waals surface area contributed by atoms with E-state index in [4.69, 9.17) is 14.6 Å². The van der Waals surface area contributed by atoms with Gasteiger partial charge in [-0.1, -0.05) is 13.8 Å². The van der Waals surface area contributed by atoms with Crippen molar-refractivity contribution in [3.05, 3.63) is 12.2 Å². The minimum Gasteiger partial charge on any atom is -0.453 e. The number of aliphatic hydroxyl groups excluding tert-OH is 1. The second-order valence-corrected chi connectivity index (χ2v) is 8.57. The Hall–Kier alpha value is -2.55. The summed E-state index contributed by atoms with van der Waals surface area (Å²) in [5, 5.41) is 8.76. The number of hydrogen-bond acceptors (Lipinski definition) is 8. The number of rotatable bonds is 11. The highest BCUT2D eigenvalue weighted by atomic mass is 16.6. The summed E-state index contributed by atoms with van der Waals surface area (Å²) < 4.78 is 10.4. The van der Waals surface area contributed by atoms with E-state index in [1.54, 1.807) is 13.8 Å². The number of cyclic esters (lactones) is 1. The molecule has 0 spiro atoms. The van der Waals surface area contributed by atoms with E-state index in [0.29, 0.717) is 12.8 Å². The zero-order chi connectivity index (χ0) is 23.9. The van der Waals surface area contributed by atoms with Gasteiger partial charge in [-0.15, -0.1) is 0 Å². The third-order valence-corrected chi connectivity index (χ3v) is 5.09. The lowest BCUT2D eigenvalue weighted by Gasteiger charge is -2.33. The number of aliphatic hydroxyl groups is 1. The Bertz CT molecular complexity index is 740. The quantitative estimate of drug-likeness (QED) is 0.295. The summed E-state index contributed by atoms with van der Waals surface area (Å²) in [6, 6.07) is -0.563. The maximum atomic E-state index is 13.2. The largest absolute Gasteiger partial charge is 0.453 e. The molecule has 9 nitrogen and oxygen atoms in total. The Balaban J connectivity index is 3.06. The van der Waals surface area contributed by atoms with Crippen LogP contribution in [0.1, 0.15) is 60.8 Å². The molecule has 1 heterocycles. The molecule has 0 aliphatic carbocycles. The van der Waals surface area contributed by atoms with Gasteiger partial charge >= 0.3 is 12.1 Å². The van der Waals surface area contributed by atoms with Crippen LogP contribution in [0.4, 0.5) is 4.79 Å². The maximum absolute atomic E-state index is 13.2. The van der Waals surface area contributed by atoms with Crippen molar-refractivity contribution in [1.29, 1.82) is 0 Å². The lowest BCUT2D eigenvalue weighted by molar-refractivity contribution is -0.158. The van der Waals surface area contributed by atoms with Crippen molar-refractivity contribution in [3.63, 3.8) is 0 Å². The molecule has 0 bridgehead atoms. The summed E-state index contributed by atoms with van der Waals surface area (Å²) in [5.41, 5.74) is -0.914. The summed E-state index contributed by atoms with van der Waals surface area (Å²) in [4.78, 5) is 62.6. The van der Waals surface area contributed by atoms with Crippen LogP contribution in [0.15, 0.2) is 12.2 Å². The third-order valence-electron chi connectivity index (χ3n) is 5.09. The Labute approximate surface area is 182 Å². The fraction of sp³-hybridized carbons (Fsp3) is 0.682. The first-order chi connectivity index (χ1) is 14.3. The first-order valence-electron chi connectivity index (χ1n) is 10.4. The standard InChI is InChI=1S/C22H33NO8/c1-13(2)19-22(5,6)31-21(29)23(19)20(28)14(3)18(30-15(4)25)17(27)11-10-16(26)9-7-8-12-24/h10-11,13-14,18-19,24H,7-9,12H2,1-6H3/t14-,18-,19-/m0/s1. The summed E-state index contributed by atoms with van der Waals surface area (Å²) >= 11 is 0. The Kier molecular flexibility index (Phi) is 9.55. The van der Waals surface area contributed by atoms with E-state index < -0.39 is 47.4 Å². The summed E-state index contributed by atoms with van der Waals surface area (Å²) in [6.07, 6.45) is 0.832. The highest BCUT2D eigenvalue weighted by Gasteiger charge is 2.53. The molecule has 0 unspecified atom stereocenters. The van der Waals surface area contributed by atoms with Gasteiger partial charge in [-0.05, 0) is 51.7 Å². The van der Waals surface area contributed by atoms with Crippen molar-refractivity contribution in [3.8, 4) is 0 Å². The number of ketones is 2. The van der Waals surface area contributed by atoms with E-state index in [9.17, 15) is 24.0 Å². The van der Waals surface area contributed by atoms with Gasteiger partial charge in [0.2, 0.25) is 5.91 Å². The van der Waals surface area contributed by atoms with Crippen LogP contribution in [-0.4, -0.2) is 63.9 Å². The number of carbonyl (C=O) groups is 5. The van der Waals surface area contributed by atoms with Gasteiger partial charge in [0.05, 0.1) is 12.0 Å². The molecule has 1 N–H and O–H groups in total. The number of hydrogen-bond donors (Lipinski definition) is 1. The zero-order valence-electron chi connectivity index (χ0n) is 19.0. The molecule has 1 aliphatic rings. The molecule has 31 heavy (non-hydrogen) atoms. The minimum absolute atomic E-state index is 0.0306. The second kappa shape index (κ2) is 11.2. The summed E-state index contributed by atoms with van der Waals surface area (Å²) in [6.45, 7) is 9.56. The van der Waals surface area contributed by atoms with Crippen LogP contribution in [0, 0.1) is 11.8 Å². The number of amides is 2. The molecule has 0 aromatic heterocycles. The minimum atomic E-state index is -1.49. The van der Waals surface area contributed by atoms with Gasteiger partial charge in [0.25, 0.3) is 0 Å². The molecule has 0 radical (unpaired) electrons. The van der Waals surface area contributed by atoms with Crippen molar-refractivity contribution in [2.24, 2.45) is 11.8 Å². The molecule has 1 rings (SSSR count). The monoisotopic (exact) mass is 439 g/mol. The topological polar surface area (TPSA) is 127 Å². The van der Waals surface area contributed by atoms with Crippen molar-refractivity contribution in [2.75, 3.05) is 6.61 Å². The fourth-order valence-corrected chi connectivity index (χ4v) is 3.79. The SMILES string of the molecule is CC(=O)O[C@H](C(=O)C=CC(=O)CCCCO)[C@H](C)C(=O)N1C(=O)OC(C)(C)[C@@H]1C(C)C. The van der Waals surface area contributed by atoms with Crippen molar-refractivity contribution >= 4 is 29.5 Å². The van der Waals surface area contributed by atoms with E-state index in [2.05, 4.69) is 0 Å². The van der Waals surface area contributed by atoms with Gasteiger partial charge in [0.1, 0.15) is 5.60 Å². The predicted molar refractivity (Wildman–Crippen MR) is 111 cm³/mol. The Morgan fingerprint density at radius 1 is 1.16 bits per heavy atom. The first-order valence-corrected chi connectivity index (χ1v) is 10.4. The lowest BCUT2D eigenvalue weighted by atomic mass is 9.87. The number of unbranched alkanes of at least 4 members (excludes halogenated alkanes) is 1. The molecule has 1 aliphatic heterocycles. The van der Waals surface area contributed by atoms with Crippen molar-refractivity contribution in [1.82, 2.24) is 4.90 Å². The van der Waals surface area contributed by atoms with Crippen LogP contribution in [0.3, 0.4) is 0 Å². The number of carbonyl (C=O) groups excluding carboxylic acids is 5. The van der Waals surface area contributed by atoms with E-state index in [-0.39, 0.29) is 24.7 Å². The van der Waals surface area contributed by atoms with Crippen LogP contribution in [0.2, 0.25) is 0 Å². The Morgan fingerprint density at radius 2 is 1.77 bits per heavy atom. The molecule has 0 aromatic rings. The highest BCUT2D eigenvalue weighted by molar-refractivity contribution is 6.04. The molecular weight excluding hydrogens is 406 g/mol. The Morgan fingerprint density at radius 3 is 2.29 bits per heavy atom. The summed E-state index contributed by atoms with van der Waals surface area (Å²) in [7, 11) is 0. The summed E-state index contributed by atoms with van der Waals surface area (Å²) in [5.74, 6) is -3.82. The van der Waals surface area contributed by atoms with Crippen LogP contribution in [0.25, 0.3) is 0 Å². The zero-order valence-corrected chi connectivity index (χ0v) is 19.0. The molecule has 9 heteroatoms. The molecule has 174 valence electrons. The molecule has 1 fully saturated rings. The number of nitrogens with zero attached hydrogens (tertiary/aromatic N) is 1. The van der Waals surface area contributed by atoms with E-state index in [1.165, 1.54) is 6.92 Å². The van der Waals surface area contributed by atoms with Crippen LogP contribution in [-0.2, 0) is 28.7 Å². The number of esters is 1. The fourth-order valence-electron chi connectivity index (χ4n) is 3.79. The van der Waals surface area contributed by atoms with E-state index in [1.807, 2.05) is 13.8 Å². The van der Waals surface area contributed by atoms with Gasteiger partial charge < -0.3 is 14.6 Å². The molecule has 1 saturated heterocycles. The number of imide groups is 1. The second-order valence-electron chi connectivity index (χ2n) is 8.57. The van der Waals surface area contributed by atoms with Crippen LogP contribution in [0.5, 0.6) is 0 Å². The average molecular weight is 440 g/mol. The van der Waals surface area contributed by atoms with Gasteiger partial charge in [-0.3, -0.25) is 19.2 Å². The van der Waals surface area contributed by atoms with E-state index >= 15 is 0 Å². The molecule has 2 amide bonds. The van der Waals surface area contributed by atoms with Crippen LogP contribution >= 0.6 is 0 Å². The van der Waals surface area contributed by atoms with E-state index in [0.717, 1.165) is 24.0 Å². The molecule has 0 aromatic carbocycles. The average Bonchev–Trinajstić information content (AvgIpc) is 2.91. The van der Waals surface area contributed by atoms with Gasteiger partial charge in [-0.25, -0.2) is 9.69 Å². The normalized spacial score (nSPS) is 19.9.